The molecule has 0 radical (unpaired) electrons. The summed E-state index contributed by atoms with van der Waals surface area (Å²) in [5, 5.41) is 12.1. The van der Waals surface area contributed by atoms with E-state index >= 15 is 0 Å². The number of pyridine rings is 2. The van der Waals surface area contributed by atoms with Crippen LogP contribution < -0.4 is 9.64 Å². The van der Waals surface area contributed by atoms with E-state index in [9.17, 15) is 5.26 Å². The molecule has 0 saturated heterocycles. The van der Waals surface area contributed by atoms with Gasteiger partial charge in [-0.2, -0.15) is 5.26 Å². The number of benzene rings is 6. The van der Waals surface area contributed by atoms with Crippen LogP contribution in [0.25, 0.3) is 38.9 Å². The summed E-state index contributed by atoms with van der Waals surface area (Å²) in [6.45, 7) is 0. The number of hydrogen-bond acceptors (Lipinski definition) is 6. The van der Waals surface area contributed by atoms with Gasteiger partial charge < -0.3 is 14.2 Å². The third-order valence-electron chi connectivity index (χ3n) is 11.3. The van der Waals surface area contributed by atoms with Gasteiger partial charge in [-0.3, -0.25) is 9.97 Å². The van der Waals surface area contributed by atoms with E-state index in [-0.39, 0.29) is 0 Å². The normalized spacial score (nSPS) is 15.7. The summed E-state index contributed by atoms with van der Waals surface area (Å²) in [6, 6.07) is 55.3. The number of ether oxygens (including phenoxy) is 1. The Bertz CT molecular complexity index is 3120. The second-order valence-corrected chi connectivity index (χ2v) is 15.1. The van der Waals surface area contributed by atoms with E-state index in [1.54, 1.807) is 0 Å². The third kappa shape index (κ3) is 3.98. The quantitative estimate of drug-likeness (QED) is 0.177. The van der Waals surface area contributed by atoms with Crippen molar-refractivity contribution in [3.63, 3.8) is 0 Å². The molecule has 0 fully saturated rings. The predicted octanol–water partition coefficient (Wildman–Crippen LogP) is 11.8. The van der Waals surface area contributed by atoms with Crippen molar-refractivity contribution in [3.8, 4) is 34.6 Å². The van der Waals surface area contributed by atoms with Crippen LogP contribution in [0.15, 0.2) is 174 Å². The number of hydrogen-bond donors (Lipinski definition) is 0. The topological polar surface area (TPSA) is 67.0 Å². The molecule has 6 aromatic carbocycles. The van der Waals surface area contributed by atoms with Crippen LogP contribution in [0.4, 0.5) is 17.1 Å². The average Bonchev–Trinajstić information content (AvgIpc) is 3.72. The van der Waals surface area contributed by atoms with Gasteiger partial charge in [-0.25, -0.2) is 0 Å². The Hall–Kier alpha value is -7.14. The zero-order chi connectivity index (χ0) is 36.3. The Morgan fingerprint density at radius 2 is 1.27 bits per heavy atom. The van der Waals surface area contributed by atoms with E-state index in [0.717, 1.165) is 78.6 Å². The van der Waals surface area contributed by atoms with Crippen LogP contribution >= 0.6 is 11.8 Å². The summed E-state index contributed by atoms with van der Waals surface area (Å²) < 4.78 is 8.81. The lowest BCUT2D eigenvalue weighted by Gasteiger charge is -2.41. The van der Waals surface area contributed by atoms with Crippen molar-refractivity contribution in [2.24, 2.45) is 0 Å². The Labute approximate surface area is 320 Å². The first-order valence-electron chi connectivity index (χ1n) is 18.2. The maximum atomic E-state index is 9.91. The molecule has 1 unspecified atom stereocenters. The number of fused-ring (bicyclic) bond motifs is 14. The summed E-state index contributed by atoms with van der Waals surface area (Å²) in [5.74, 6) is 1.58. The van der Waals surface area contributed by atoms with Gasteiger partial charge >= 0.3 is 0 Å². The van der Waals surface area contributed by atoms with Crippen molar-refractivity contribution >= 4 is 50.6 Å². The minimum Gasteiger partial charge on any atom is -0.453 e. The van der Waals surface area contributed by atoms with Crippen molar-refractivity contribution < 1.29 is 4.74 Å². The Kier molecular flexibility index (Phi) is 6.17. The maximum Gasteiger partial charge on any atom is 0.151 e. The van der Waals surface area contributed by atoms with Gasteiger partial charge in [0.15, 0.2) is 11.5 Å². The van der Waals surface area contributed by atoms with Crippen LogP contribution in [0, 0.1) is 11.3 Å². The lowest BCUT2D eigenvalue weighted by Crippen LogP contribution is -2.33. The molecular weight excluding hydrogens is 695 g/mol. The van der Waals surface area contributed by atoms with E-state index in [0.29, 0.717) is 5.56 Å². The summed E-state index contributed by atoms with van der Waals surface area (Å²) in [5.41, 5.74) is 12.2. The third-order valence-corrected chi connectivity index (χ3v) is 12.5. The Morgan fingerprint density at radius 1 is 0.582 bits per heavy atom. The smallest absolute Gasteiger partial charge is 0.151 e. The highest BCUT2D eigenvalue weighted by molar-refractivity contribution is 7.99. The fourth-order valence-electron chi connectivity index (χ4n) is 9.22. The standard InChI is InChI=1S/C48H27N5OS/c49-27-29-22-23-37-32(25-29)31-11-1-3-14-36(31)53(37)40-17-9-21-44-45(40)48(33-12-2-8-20-43(33)55-44)34-13-10-24-50-46(34)47-35(48)26-30(28-51-47)52-38-15-4-6-18-41(38)54-42-19-7-5-16-39(42)52/h1-26,28H. The fourth-order valence-corrected chi connectivity index (χ4v) is 10.4. The maximum absolute atomic E-state index is 9.91. The van der Waals surface area contributed by atoms with Crippen LogP contribution in [-0.2, 0) is 5.41 Å². The second kappa shape index (κ2) is 11.2. The van der Waals surface area contributed by atoms with Crippen LogP contribution in [0.5, 0.6) is 11.5 Å². The number of para-hydroxylation sites is 5. The molecule has 6 nitrogen and oxygen atoms in total. The minimum atomic E-state index is -0.772. The van der Waals surface area contributed by atoms with Crippen LogP contribution in [0.1, 0.15) is 27.8 Å². The molecule has 5 heterocycles. The molecule has 0 N–H and O–H groups in total. The molecule has 55 heavy (non-hydrogen) atoms. The number of nitrogens with zero attached hydrogens (tertiary/aromatic N) is 5. The summed E-state index contributed by atoms with van der Waals surface area (Å²) in [4.78, 5) is 15.1. The molecule has 256 valence electrons. The van der Waals surface area contributed by atoms with E-state index in [2.05, 4.69) is 119 Å². The molecule has 2 aliphatic heterocycles. The minimum absolute atomic E-state index is 0.640. The molecule has 12 rings (SSSR count). The van der Waals surface area contributed by atoms with Crippen LogP contribution in [0.2, 0.25) is 0 Å². The Balaban J connectivity index is 1.22. The van der Waals surface area contributed by atoms with Crippen molar-refractivity contribution in [2.45, 2.75) is 15.2 Å². The van der Waals surface area contributed by atoms with Gasteiger partial charge in [0.05, 0.1) is 68.4 Å². The number of rotatable bonds is 2. The van der Waals surface area contributed by atoms with Gasteiger partial charge in [0, 0.05) is 37.9 Å². The monoisotopic (exact) mass is 721 g/mol. The molecule has 3 aliphatic rings. The van der Waals surface area contributed by atoms with Crippen LogP contribution in [0.3, 0.4) is 0 Å². The van der Waals surface area contributed by atoms with Gasteiger partial charge in [-0.15, -0.1) is 0 Å². The average molecular weight is 722 g/mol. The molecule has 0 bridgehead atoms. The van der Waals surface area contributed by atoms with Crippen molar-refractivity contribution in [3.05, 3.63) is 192 Å². The lowest BCUT2D eigenvalue weighted by atomic mass is 9.67. The second-order valence-electron chi connectivity index (χ2n) is 14.1. The molecule has 1 atom stereocenters. The molecular formula is C48H27N5OS. The zero-order valence-corrected chi connectivity index (χ0v) is 30.0. The largest absolute Gasteiger partial charge is 0.453 e. The van der Waals surface area contributed by atoms with Crippen LogP contribution in [-0.4, -0.2) is 14.5 Å². The van der Waals surface area contributed by atoms with E-state index in [4.69, 9.17) is 14.7 Å². The molecule has 1 spiro atoms. The van der Waals surface area contributed by atoms with Gasteiger partial charge in [0.1, 0.15) is 0 Å². The van der Waals surface area contributed by atoms with E-state index in [1.165, 1.54) is 20.9 Å². The molecule has 0 saturated carbocycles. The highest BCUT2D eigenvalue weighted by Gasteiger charge is 2.53. The van der Waals surface area contributed by atoms with Gasteiger partial charge in [-0.05, 0) is 90.0 Å². The molecule has 7 heteroatoms. The first kappa shape index (κ1) is 30.3. The number of aromatic nitrogens is 3. The molecule has 0 amide bonds. The lowest BCUT2D eigenvalue weighted by molar-refractivity contribution is 0.477. The molecule has 3 aromatic heterocycles. The highest BCUT2D eigenvalue weighted by Crippen LogP contribution is 2.63. The summed E-state index contributed by atoms with van der Waals surface area (Å²) in [7, 11) is 0. The number of nitriles is 1. The number of anilines is 3. The zero-order valence-electron chi connectivity index (χ0n) is 29.1. The predicted molar refractivity (Wildman–Crippen MR) is 217 cm³/mol. The fraction of sp³-hybridized carbons (Fsp3) is 0.0208. The van der Waals surface area contributed by atoms with Crippen molar-refractivity contribution in [1.82, 2.24) is 14.5 Å². The summed E-state index contributed by atoms with van der Waals surface area (Å²) in [6.07, 6.45) is 3.85. The highest BCUT2D eigenvalue weighted by atomic mass is 32.2. The Morgan fingerprint density at radius 3 is 2.13 bits per heavy atom. The SMILES string of the molecule is N#Cc1ccc2c(c1)c1ccccc1n2-c1cccc2c1C1(c3ccccc3S2)c2cccnc2-c2ncc(N3c4ccccc4Oc4ccccc43)cc21. The first-order valence-corrected chi connectivity index (χ1v) is 19.0. The van der Waals surface area contributed by atoms with Crippen molar-refractivity contribution in [2.75, 3.05) is 4.90 Å². The van der Waals surface area contributed by atoms with E-state index in [1.807, 2.05) is 72.7 Å². The summed E-state index contributed by atoms with van der Waals surface area (Å²) >= 11 is 1.81. The first-order chi connectivity index (χ1) is 27.2. The van der Waals surface area contributed by atoms with Gasteiger partial charge in [0.2, 0.25) is 0 Å². The van der Waals surface area contributed by atoms with E-state index < -0.39 is 5.41 Å². The van der Waals surface area contributed by atoms with Gasteiger partial charge in [-0.1, -0.05) is 84.6 Å². The molecule has 1 aliphatic carbocycles. The van der Waals surface area contributed by atoms with Crippen molar-refractivity contribution in [1.29, 1.82) is 5.26 Å². The van der Waals surface area contributed by atoms with Gasteiger partial charge in [0.25, 0.3) is 0 Å². The molecule has 9 aromatic rings.